The van der Waals surface area contributed by atoms with E-state index in [1.54, 1.807) is 6.92 Å². The molecule has 19 heavy (non-hydrogen) atoms. The molecule has 0 bridgehead atoms. The molecule has 0 aromatic heterocycles. The van der Waals surface area contributed by atoms with Gasteiger partial charge in [0.05, 0.1) is 12.2 Å². The number of hydrogen-bond donors (Lipinski definition) is 2. The van der Waals surface area contributed by atoms with Crippen LogP contribution in [0.5, 0.6) is 0 Å². The van der Waals surface area contributed by atoms with Crippen molar-refractivity contribution in [1.82, 2.24) is 5.32 Å². The third kappa shape index (κ3) is 10.7. The van der Waals surface area contributed by atoms with Crippen LogP contribution in [0.4, 0.5) is 13.2 Å². The summed E-state index contributed by atoms with van der Waals surface area (Å²) in [5, 5.41) is 2.57. The molecular weight excluding hydrogens is 289 g/mol. The fourth-order valence-corrected chi connectivity index (χ4v) is 1.99. The molecule has 6 nitrogen and oxygen atoms in total. The van der Waals surface area contributed by atoms with Crippen LogP contribution >= 0.6 is 0 Å². The first-order valence-electron chi connectivity index (χ1n) is 5.51. The van der Waals surface area contributed by atoms with E-state index in [1.807, 2.05) is 0 Å². The monoisotopic (exact) mass is 306 g/mol. The minimum Gasteiger partial charge on any atom is -0.370 e. The van der Waals surface area contributed by atoms with E-state index in [4.69, 9.17) is 5.73 Å². The Balaban J connectivity index is 4.07. The summed E-state index contributed by atoms with van der Waals surface area (Å²) >= 11 is 0. The van der Waals surface area contributed by atoms with Crippen molar-refractivity contribution in [2.45, 2.75) is 38.4 Å². The first-order chi connectivity index (χ1) is 8.56. The molecule has 0 spiro atoms. The number of hydrogen-bond acceptors (Lipinski definition) is 5. The van der Waals surface area contributed by atoms with Crippen LogP contribution in [0.15, 0.2) is 0 Å². The summed E-state index contributed by atoms with van der Waals surface area (Å²) in [6.07, 6.45) is -5.53. The lowest BCUT2D eigenvalue weighted by Crippen LogP contribution is -2.35. The van der Waals surface area contributed by atoms with Crippen LogP contribution in [0.25, 0.3) is 0 Å². The molecule has 0 aromatic rings. The smallest absolute Gasteiger partial charge is 0.370 e. The lowest BCUT2D eigenvalue weighted by Gasteiger charge is -2.15. The first kappa shape index (κ1) is 18.1. The molecule has 0 aliphatic carbocycles. The maximum atomic E-state index is 11.8. The molecule has 0 aliphatic rings. The van der Waals surface area contributed by atoms with Gasteiger partial charge in [-0.2, -0.15) is 21.6 Å². The van der Waals surface area contributed by atoms with Crippen LogP contribution in [0, 0.1) is 0 Å². The van der Waals surface area contributed by atoms with Gasteiger partial charge in [-0.1, -0.05) is 6.92 Å². The highest BCUT2D eigenvalue weighted by Crippen LogP contribution is 2.20. The molecule has 0 aromatic carbocycles. The van der Waals surface area contributed by atoms with Crippen molar-refractivity contribution in [3.8, 4) is 0 Å². The summed E-state index contributed by atoms with van der Waals surface area (Å²) in [5.74, 6) is -1.70. The maximum absolute atomic E-state index is 11.8. The molecule has 3 N–H and O–H groups in total. The Kier molecular flexibility index (Phi) is 7.30. The van der Waals surface area contributed by atoms with Crippen LogP contribution in [-0.2, 0) is 19.1 Å². The highest BCUT2D eigenvalue weighted by molar-refractivity contribution is 7.86. The minimum absolute atomic E-state index is 0.0114. The summed E-state index contributed by atoms with van der Waals surface area (Å²) in [5.41, 5.74) is 4.96. The second kappa shape index (κ2) is 7.65. The molecule has 0 heterocycles. The molecule has 1 atom stereocenters. The summed E-state index contributed by atoms with van der Waals surface area (Å²) in [4.78, 5) is 10.6. The Labute approximate surface area is 109 Å². The average Bonchev–Trinajstić information content (AvgIpc) is 2.23. The number of alkyl halides is 3. The van der Waals surface area contributed by atoms with Crippen molar-refractivity contribution >= 4 is 16.0 Å². The van der Waals surface area contributed by atoms with Crippen molar-refractivity contribution < 1.29 is 30.6 Å². The standard InChI is InChI=1S/C9H17F3N2O4S/c1-2-7(5-8(13)15)14-6-18-19(16,17)4-3-9(10,11)12/h7,14H,2-6H2,1H3,(H2,13,15). The number of carbonyl (C=O) groups is 1. The Bertz CT molecular complexity index is 383. The largest absolute Gasteiger partial charge is 0.390 e. The second-order valence-electron chi connectivity index (χ2n) is 3.87. The van der Waals surface area contributed by atoms with E-state index in [0.29, 0.717) is 6.42 Å². The number of carbonyl (C=O) groups excluding carboxylic acids is 1. The Morgan fingerprint density at radius 3 is 2.42 bits per heavy atom. The van der Waals surface area contributed by atoms with E-state index in [9.17, 15) is 26.4 Å². The van der Waals surface area contributed by atoms with Crippen molar-refractivity contribution in [3.63, 3.8) is 0 Å². The number of halogens is 3. The lowest BCUT2D eigenvalue weighted by molar-refractivity contribution is -0.130. The summed E-state index contributed by atoms with van der Waals surface area (Å²) in [6, 6.07) is -0.379. The normalized spacial score (nSPS) is 14.3. The van der Waals surface area contributed by atoms with Crippen LogP contribution in [-0.4, -0.2) is 39.0 Å². The van der Waals surface area contributed by atoms with Gasteiger partial charge in [0.15, 0.2) is 0 Å². The van der Waals surface area contributed by atoms with E-state index < -0.39 is 41.1 Å². The van der Waals surface area contributed by atoms with E-state index in [2.05, 4.69) is 9.50 Å². The van der Waals surface area contributed by atoms with E-state index >= 15 is 0 Å². The third-order valence-corrected chi connectivity index (χ3v) is 3.37. The maximum Gasteiger partial charge on any atom is 0.390 e. The van der Waals surface area contributed by atoms with E-state index in [-0.39, 0.29) is 12.5 Å². The fourth-order valence-electron chi connectivity index (χ4n) is 1.14. The van der Waals surface area contributed by atoms with E-state index in [0.717, 1.165) is 0 Å². The number of primary amides is 1. The quantitative estimate of drug-likeness (QED) is 0.477. The number of nitrogens with one attached hydrogen (secondary N) is 1. The SMILES string of the molecule is CCC(CC(N)=O)NCOS(=O)(=O)CCC(F)(F)F. The molecule has 1 unspecified atom stereocenters. The first-order valence-corrected chi connectivity index (χ1v) is 7.09. The summed E-state index contributed by atoms with van der Waals surface area (Å²) in [6.45, 7) is 1.24. The molecule has 1 amide bonds. The van der Waals surface area contributed by atoms with Gasteiger partial charge in [-0.05, 0) is 6.42 Å². The van der Waals surface area contributed by atoms with Crippen LogP contribution in [0.2, 0.25) is 0 Å². The van der Waals surface area contributed by atoms with Crippen LogP contribution in [0.1, 0.15) is 26.2 Å². The highest BCUT2D eigenvalue weighted by atomic mass is 32.2. The molecule has 0 aliphatic heterocycles. The molecular formula is C9H17F3N2O4S. The Morgan fingerprint density at radius 2 is 2.00 bits per heavy atom. The van der Waals surface area contributed by atoms with Gasteiger partial charge in [0.25, 0.3) is 10.1 Å². The van der Waals surface area contributed by atoms with Crippen molar-refractivity contribution in [2.24, 2.45) is 5.73 Å². The van der Waals surface area contributed by atoms with Crippen molar-refractivity contribution in [1.29, 1.82) is 0 Å². The Morgan fingerprint density at radius 1 is 1.42 bits per heavy atom. The number of amides is 1. The van der Waals surface area contributed by atoms with Crippen LogP contribution in [0.3, 0.4) is 0 Å². The molecule has 0 rings (SSSR count). The van der Waals surface area contributed by atoms with Gasteiger partial charge in [-0.15, -0.1) is 0 Å². The van der Waals surface area contributed by atoms with Gasteiger partial charge in [0.2, 0.25) is 5.91 Å². The van der Waals surface area contributed by atoms with Gasteiger partial charge in [-0.3, -0.25) is 14.3 Å². The second-order valence-corrected chi connectivity index (χ2v) is 5.63. The fraction of sp³-hybridized carbons (Fsp3) is 0.889. The summed E-state index contributed by atoms with van der Waals surface area (Å²) in [7, 11) is -4.25. The third-order valence-electron chi connectivity index (χ3n) is 2.19. The van der Waals surface area contributed by atoms with Crippen molar-refractivity contribution in [2.75, 3.05) is 12.5 Å². The lowest BCUT2D eigenvalue weighted by atomic mass is 10.1. The molecule has 10 heteroatoms. The molecule has 0 saturated carbocycles. The van der Waals surface area contributed by atoms with Gasteiger partial charge >= 0.3 is 6.18 Å². The predicted octanol–water partition coefficient (Wildman–Crippen LogP) is 0.486. The van der Waals surface area contributed by atoms with Gasteiger partial charge in [0, 0.05) is 12.5 Å². The minimum atomic E-state index is -4.55. The number of nitrogens with two attached hydrogens (primary N) is 1. The highest BCUT2D eigenvalue weighted by Gasteiger charge is 2.30. The van der Waals surface area contributed by atoms with Crippen LogP contribution < -0.4 is 11.1 Å². The van der Waals surface area contributed by atoms with Crippen molar-refractivity contribution in [3.05, 3.63) is 0 Å². The molecule has 0 radical (unpaired) electrons. The van der Waals surface area contributed by atoms with Gasteiger partial charge in [0.1, 0.15) is 6.73 Å². The molecule has 114 valence electrons. The summed E-state index contributed by atoms with van der Waals surface area (Å²) < 4.78 is 62.1. The zero-order valence-electron chi connectivity index (χ0n) is 10.4. The topological polar surface area (TPSA) is 98.5 Å². The van der Waals surface area contributed by atoms with Gasteiger partial charge in [-0.25, -0.2) is 0 Å². The predicted molar refractivity (Wildman–Crippen MR) is 61.4 cm³/mol. The average molecular weight is 306 g/mol. The Hall–Kier alpha value is -0.870. The van der Waals surface area contributed by atoms with E-state index in [1.165, 1.54) is 0 Å². The molecule has 0 fully saturated rings. The number of rotatable bonds is 9. The zero-order chi connectivity index (χ0) is 15.1. The molecule has 0 saturated heterocycles. The van der Waals surface area contributed by atoms with Gasteiger partial charge < -0.3 is 5.73 Å². The zero-order valence-corrected chi connectivity index (χ0v) is 11.2.